The molecule has 0 amide bonds. The van der Waals surface area contributed by atoms with Gasteiger partial charge in [0.05, 0.1) is 6.20 Å². The molecule has 0 aromatic carbocycles. The van der Waals surface area contributed by atoms with Gasteiger partial charge in [-0.15, -0.1) is 0 Å². The van der Waals surface area contributed by atoms with Crippen LogP contribution in [0, 0.1) is 0 Å². The van der Waals surface area contributed by atoms with Crippen LogP contribution in [0.4, 0.5) is 0 Å². The number of aromatic nitrogens is 2. The van der Waals surface area contributed by atoms with Crippen LogP contribution in [-0.4, -0.2) is 15.3 Å². The van der Waals surface area contributed by atoms with Crippen LogP contribution in [0.1, 0.15) is 44.6 Å². The van der Waals surface area contributed by atoms with Gasteiger partial charge < -0.3 is 5.32 Å². The van der Waals surface area contributed by atoms with Gasteiger partial charge in [-0.3, -0.25) is 0 Å². The van der Waals surface area contributed by atoms with Crippen LogP contribution in [0.3, 0.4) is 0 Å². The van der Waals surface area contributed by atoms with Gasteiger partial charge in [0.15, 0.2) is 0 Å². The minimum Gasteiger partial charge on any atom is -0.307 e. The molecule has 16 heavy (non-hydrogen) atoms. The third kappa shape index (κ3) is 2.73. The molecule has 1 fully saturated rings. The fraction of sp³-hybridized carbons (Fsp3) is 0.615. The summed E-state index contributed by atoms with van der Waals surface area (Å²) < 4.78 is 1.75. The minimum absolute atomic E-state index is 0.328. The number of nitrogens with one attached hydrogen (secondary N) is 1. The van der Waals surface area contributed by atoms with E-state index in [4.69, 9.17) is 0 Å². The van der Waals surface area contributed by atoms with Crippen LogP contribution in [0.5, 0.6) is 0 Å². The van der Waals surface area contributed by atoms with E-state index in [9.17, 15) is 0 Å². The summed E-state index contributed by atoms with van der Waals surface area (Å²) in [7, 11) is 0. The highest BCUT2D eigenvalue weighted by Gasteiger charge is 2.25. The summed E-state index contributed by atoms with van der Waals surface area (Å²) in [6.45, 7) is 6.93. The van der Waals surface area contributed by atoms with Crippen molar-refractivity contribution < 1.29 is 0 Å². The Bertz CT molecular complexity index is 348. The Morgan fingerprint density at radius 3 is 2.88 bits per heavy atom. The van der Waals surface area contributed by atoms with Gasteiger partial charge in [-0.2, -0.15) is 5.10 Å². The predicted molar refractivity (Wildman–Crippen MR) is 66.9 cm³/mol. The molecule has 1 saturated carbocycles. The monoisotopic (exact) mass is 219 g/mol. The third-order valence-electron chi connectivity index (χ3n) is 3.52. The highest BCUT2D eigenvalue weighted by Crippen LogP contribution is 2.27. The number of hydrogen-bond donors (Lipinski definition) is 1. The van der Waals surface area contributed by atoms with Gasteiger partial charge in [0.2, 0.25) is 0 Å². The summed E-state index contributed by atoms with van der Waals surface area (Å²) in [5.41, 5.74) is 1.56. The molecular formula is C13H21N3. The summed E-state index contributed by atoms with van der Waals surface area (Å²) in [6.07, 6.45) is 12.3. The maximum Gasteiger partial charge on any atom is 0.0538 e. The molecule has 3 heteroatoms. The molecule has 0 unspecified atom stereocenters. The summed E-state index contributed by atoms with van der Waals surface area (Å²) in [4.78, 5) is 0. The zero-order chi connectivity index (χ0) is 11.4. The Balaban J connectivity index is 1.88. The van der Waals surface area contributed by atoms with Gasteiger partial charge >= 0.3 is 0 Å². The lowest BCUT2D eigenvalue weighted by atomic mass is 9.83. The molecule has 0 spiro atoms. The molecule has 1 heterocycles. The summed E-state index contributed by atoms with van der Waals surface area (Å²) in [5.74, 6) is 0. The van der Waals surface area contributed by atoms with Crippen molar-refractivity contribution in [2.45, 2.75) is 51.1 Å². The summed E-state index contributed by atoms with van der Waals surface area (Å²) in [6, 6.07) is 0. The van der Waals surface area contributed by atoms with Crippen molar-refractivity contribution in [1.82, 2.24) is 15.1 Å². The van der Waals surface area contributed by atoms with E-state index in [0.717, 1.165) is 6.54 Å². The zero-order valence-electron chi connectivity index (χ0n) is 10.1. The SMILES string of the molecule is C=Cn1cc(CNC2(C)CCCCC2)cn1. The van der Waals surface area contributed by atoms with Crippen LogP contribution < -0.4 is 5.32 Å². The molecule has 1 aromatic rings. The minimum atomic E-state index is 0.328. The van der Waals surface area contributed by atoms with Gasteiger partial charge in [0, 0.05) is 30.0 Å². The first kappa shape index (κ1) is 11.4. The van der Waals surface area contributed by atoms with Crippen LogP contribution in [-0.2, 0) is 6.54 Å². The Kier molecular flexibility index (Phi) is 3.44. The lowest BCUT2D eigenvalue weighted by molar-refractivity contribution is 0.252. The third-order valence-corrected chi connectivity index (χ3v) is 3.52. The van der Waals surface area contributed by atoms with E-state index in [-0.39, 0.29) is 0 Å². The first-order valence-electron chi connectivity index (χ1n) is 6.12. The fourth-order valence-electron chi connectivity index (χ4n) is 2.39. The van der Waals surface area contributed by atoms with Crippen LogP contribution in [0.25, 0.3) is 6.20 Å². The maximum absolute atomic E-state index is 4.18. The molecule has 2 rings (SSSR count). The second-order valence-electron chi connectivity index (χ2n) is 4.99. The molecule has 88 valence electrons. The van der Waals surface area contributed by atoms with E-state index in [2.05, 4.69) is 23.9 Å². The average Bonchev–Trinajstić information content (AvgIpc) is 2.75. The smallest absolute Gasteiger partial charge is 0.0538 e. The molecule has 0 atom stereocenters. The van der Waals surface area contributed by atoms with Gasteiger partial charge in [0.1, 0.15) is 0 Å². The Hall–Kier alpha value is -1.09. The van der Waals surface area contributed by atoms with Crippen LogP contribution in [0.2, 0.25) is 0 Å². The maximum atomic E-state index is 4.18. The van der Waals surface area contributed by atoms with Crippen molar-refractivity contribution in [3.63, 3.8) is 0 Å². The number of rotatable bonds is 4. The largest absolute Gasteiger partial charge is 0.307 e. The van der Waals surface area contributed by atoms with Gasteiger partial charge in [-0.25, -0.2) is 4.68 Å². The van der Waals surface area contributed by atoms with E-state index >= 15 is 0 Å². The fourth-order valence-corrected chi connectivity index (χ4v) is 2.39. The van der Waals surface area contributed by atoms with Crippen LogP contribution in [0.15, 0.2) is 19.0 Å². The average molecular weight is 219 g/mol. The van der Waals surface area contributed by atoms with E-state index in [1.807, 2.05) is 12.4 Å². The van der Waals surface area contributed by atoms with Crippen molar-refractivity contribution in [2.75, 3.05) is 0 Å². The predicted octanol–water partition coefficient (Wildman–Crippen LogP) is 2.80. The Morgan fingerprint density at radius 1 is 1.50 bits per heavy atom. The van der Waals surface area contributed by atoms with E-state index in [1.54, 1.807) is 10.9 Å². The topological polar surface area (TPSA) is 29.9 Å². The van der Waals surface area contributed by atoms with Crippen molar-refractivity contribution in [1.29, 1.82) is 0 Å². The van der Waals surface area contributed by atoms with Crippen molar-refractivity contribution in [3.8, 4) is 0 Å². The quantitative estimate of drug-likeness (QED) is 0.844. The normalized spacial score (nSPS) is 19.6. The number of hydrogen-bond acceptors (Lipinski definition) is 2. The first-order valence-corrected chi connectivity index (χ1v) is 6.12. The molecule has 3 nitrogen and oxygen atoms in total. The number of nitrogens with zero attached hydrogens (tertiary/aromatic N) is 2. The molecule has 1 aliphatic rings. The Labute approximate surface area is 97.5 Å². The zero-order valence-corrected chi connectivity index (χ0v) is 10.1. The van der Waals surface area contributed by atoms with Gasteiger partial charge in [-0.05, 0) is 19.8 Å². The molecule has 1 aromatic heterocycles. The van der Waals surface area contributed by atoms with Gasteiger partial charge in [-0.1, -0.05) is 25.8 Å². The van der Waals surface area contributed by atoms with E-state index in [0.29, 0.717) is 5.54 Å². The Morgan fingerprint density at radius 2 is 2.25 bits per heavy atom. The molecule has 1 N–H and O–H groups in total. The highest BCUT2D eigenvalue weighted by atomic mass is 15.2. The lowest BCUT2D eigenvalue weighted by Crippen LogP contribution is -2.43. The summed E-state index contributed by atoms with van der Waals surface area (Å²) in [5, 5.41) is 7.84. The highest BCUT2D eigenvalue weighted by molar-refractivity contribution is 5.17. The molecule has 0 radical (unpaired) electrons. The second kappa shape index (κ2) is 4.83. The lowest BCUT2D eigenvalue weighted by Gasteiger charge is -2.34. The molecule has 0 aliphatic heterocycles. The molecule has 0 saturated heterocycles. The molecule has 0 bridgehead atoms. The van der Waals surface area contributed by atoms with Gasteiger partial charge in [0.25, 0.3) is 0 Å². The first-order chi connectivity index (χ1) is 7.72. The van der Waals surface area contributed by atoms with Crippen molar-refractivity contribution in [2.24, 2.45) is 0 Å². The van der Waals surface area contributed by atoms with Crippen LogP contribution >= 0.6 is 0 Å². The van der Waals surface area contributed by atoms with Crippen molar-refractivity contribution in [3.05, 3.63) is 24.5 Å². The molecular weight excluding hydrogens is 198 g/mol. The summed E-state index contributed by atoms with van der Waals surface area (Å²) >= 11 is 0. The standard InChI is InChI=1S/C13H21N3/c1-3-16-11-12(10-15-16)9-14-13(2)7-5-4-6-8-13/h3,10-11,14H,1,4-9H2,2H3. The van der Waals surface area contributed by atoms with E-state index < -0.39 is 0 Å². The second-order valence-corrected chi connectivity index (χ2v) is 4.99. The molecule has 1 aliphatic carbocycles. The van der Waals surface area contributed by atoms with Crippen molar-refractivity contribution >= 4 is 6.20 Å². The van der Waals surface area contributed by atoms with E-state index in [1.165, 1.54) is 37.7 Å².